The number of pyridine rings is 1. The number of fused-ring (bicyclic) bond motifs is 1. The Labute approximate surface area is 125 Å². The number of thioether (sulfide) groups is 1. The van der Waals surface area contributed by atoms with Crippen LogP contribution in [0.4, 0.5) is 0 Å². The van der Waals surface area contributed by atoms with Crippen molar-refractivity contribution in [3.8, 4) is 0 Å². The van der Waals surface area contributed by atoms with Crippen LogP contribution in [0, 0.1) is 5.21 Å². The molecule has 0 bridgehead atoms. The van der Waals surface area contributed by atoms with Crippen LogP contribution in [-0.2, 0) is 6.54 Å². The second kappa shape index (κ2) is 6.05. The minimum atomic E-state index is -0.0835. The van der Waals surface area contributed by atoms with Gasteiger partial charge >= 0.3 is 5.69 Å². The predicted octanol–water partition coefficient (Wildman–Crippen LogP) is 2.15. The van der Waals surface area contributed by atoms with Gasteiger partial charge in [0.05, 0.1) is 11.0 Å². The monoisotopic (exact) mass is 301 g/mol. The summed E-state index contributed by atoms with van der Waals surface area (Å²) in [4.78, 5) is 14.7. The number of rotatable bonds is 5. The second-order valence-corrected chi connectivity index (χ2v) is 5.78. The van der Waals surface area contributed by atoms with Crippen LogP contribution in [0.1, 0.15) is 6.42 Å². The third-order valence-electron chi connectivity index (χ3n) is 3.25. The first-order chi connectivity index (χ1) is 10.3. The van der Waals surface area contributed by atoms with Crippen molar-refractivity contribution in [2.24, 2.45) is 0 Å². The van der Waals surface area contributed by atoms with Crippen LogP contribution in [-0.4, -0.2) is 15.3 Å². The van der Waals surface area contributed by atoms with E-state index < -0.39 is 0 Å². The Bertz CT molecular complexity index is 810. The van der Waals surface area contributed by atoms with Gasteiger partial charge in [-0.1, -0.05) is 23.9 Å². The van der Waals surface area contributed by atoms with Crippen LogP contribution in [0.2, 0.25) is 0 Å². The maximum atomic E-state index is 11.9. The second-order valence-electron chi connectivity index (χ2n) is 4.67. The largest absolute Gasteiger partial charge is 0.618 e. The minimum Gasteiger partial charge on any atom is -0.618 e. The van der Waals surface area contributed by atoms with Crippen molar-refractivity contribution in [3.05, 3.63) is 64.4 Å². The number of nitrogens with one attached hydrogen (secondary N) is 1. The summed E-state index contributed by atoms with van der Waals surface area (Å²) < 4.78 is 2.61. The Morgan fingerprint density at radius 1 is 1.19 bits per heavy atom. The summed E-state index contributed by atoms with van der Waals surface area (Å²) in [7, 11) is 0. The number of para-hydroxylation sites is 2. The molecule has 0 aliphatic rings. The van der Waals surface area contributed by atoms with Gasteiger partial charge in [0.15, 0.2) is 6.20 Å². The van der Waals surface area contributed by atoms with E-state index in [0.717, 1.165) is 27.9 Å². The van der Waals surface area contributed by atoms with Crippen molar-refractivity contribution in [1.82, 2.24) is 9.55 Å². The maximum absolute atomic E-state index is 11.9. The van der Waals surface area contributed by atoms with Crippen molar-refractivity contribution in [2.45, 2.75) is 18.0 Å². The lowest BCUT2D eigenvalue weighted by atomic mass is 10.3. The van der Waals surface area contributed by atoms with E-state index in [1.54, 1.807) is 16.7 Å². The van der Waals surface area contributed by atoms with Gasteiger partial charge in [-0.3, -0.25) is 4.57 Å². The molecular weight excluding hydrogens is 286 g/mol. The molecule has 0 radical (unpaired) electrons. The smallest absolute Gasteiger partial charge is 0.326 e. The molecular formula is C15H15N3O2S. The molecule has 2 aromatic heterocycles. The number of aromatic amines is 1. The number of benzene rings is 1. The highest BCUT2D eigenvalue weighted by atomic mass is 32.2. The summed E-state index contributed by atoms with van der Waals surface area (Å²) in [6, 6.07) is 13.0. The van der Waals surface area contributed by atoms with Crippen molar-refractivity contribution in [2.75, 3.05) is 5.75 Å². The summed E-state index contributed by atoms with van der Waals surface area (Å²) in [5.74, 6) is 0.790. The fourth-order valence-electron chi connectivity index (χ4n) is 2.25. The lowest BCUT2D eigenvalue weighted by Crippen LogP contribution is -2.27. The van der Waals surface area contributed by atoms with Crippen molar-refractivity contribution >= 4 is 22.8 Å². The van der Waals surface area contributed by atoms with Gasteiger partial charge in [-0.05, 0) is 24.6 Å². The molecule has 3 rings (SSSR count). The minimum absolute atomic E-state index is 0.0835. The summed E-state index contributed by atoms with van der Waals surface area (Å²) in [6.07, 6.45) is 2.31. The Balaban J connectivity index is 1.64. The molecule has 1 aromatic carbocycles. The van der Waals surface area contributed by atoms with Crippen molar-refractivity contribution in [1.29, 1.82) is 0 Å². The third kappa shape index (κ3) is 2.95. The molecule has 21 heavy (non-hydrogen) atoms. The highest BCUT2D eigenvalue weighted by Gasteiger charge is 2.07. The zero-order chi connectivity index (χ0) is 14.7. The molecule has 1 N–H and O–H groups in total. The van der Waals surface area contributed by atoms with Crippen molar-refractivity contribution in [3.63, 3.8) is 0 Å². The summed E-state index contributed by atoms with van der Waals surface area (Å²) in [5.41, 5.74) is 1.70. The summed E-state index contributed by atoms with van der Waals surface area (Å²) >= 11 is 1.51. The normalized spacial score (nSPS) is 11.0. The molecule has 0 aliphatic carbocycles. The molecule has 5 nitrogen and oxygen atoms in total. The predicted molar refractivity (Wildman–Crippen MR) is 83.3 cm³/mol. The van der Waals surface area contributed by atoms with E-state index >= 15 is 0 Å². The average molecular weight is 301 g/mol. The Kier molecular flexibility index (Phi) is 3.96. The molecule has 0 atom stereocenters. The molecule has 0 saturated carbocycles. The molecule has 0 fully saturated rings. The SMILES string of the molecule is O=c1[nH]c2ccccc2n1CCCSc1cccc[n+]1[O-]. The van der Waals surface area contributed by atoms with Crippen LogP contribution < -0.4 is 10.4 Å². The lowest BCUT2D eigenvalue weighted by molar-refractivity contribution is -0.645. The Morgan fingerprint density at radius 3 is 2.86 bits per heavy atom. The molecule has 0 amide bonds. The highest BCUT2D eigenvalue weighted by Crippen LogP contribution is 2.15. The topological polar surface area (TPSA) is 64.7 Å². The number of nitrogens with zero attached hydrogens (tertiary/aromatic N) is 2. The quantitative estimate of drug-likeness (QED) is 0.340. The average Bonchev–Trinajstić information content (AvgIpc) is 2.81. The maximum Gasteiger partial charge on any atom is 0.326 e. The van der Waals surface area contributed by atoms with Gasteiger partial charge in [0.25, 0.3) is 5.03 Å². The van der Waals surface area contributed by atoms with Gasteiger partial charge in [-0.25, -0.2) is 4.79 Å². The molecule has 3 aromatic rings. The molecule has 6 heteroatoms. The van der Waals surface area contributed by atoms with E-state index in [2.05, 4.69) is 4.98 Å². The van der Waals surface area contributed by atoms with E-state index in [1.807, 2.05) is 30.3 Å². The van der Waals surface area contributed by atoms with Crippen LogP contribution in [0.15, 0.2) is 58.5 Å². The highest BCUT2D eigenvalue weighted by molar-refractivity contribution is 7.99. The molecule has 0 saturated heterocycles. The van der Waals surface area contributed by atoms with E-state index in [1.165, 1.54) is 18.0 Å². The zero-order valence-electron chi connectivity index (χ0n) is 11.4. The Hall–Kier alpha value is -2.21. The standard InChI is InChI=1S/C15H15N3O2S/c19-15-16-12-6-1-2-7-13(12)17(15)9-5-11-21-14-8-3-4-10-18(14)20/h1-4,6-8,10H,5,9,11H2,(H,16,19). The first-order valence-corrected chi connectivity index (χ1v) is 7.73. The number of hydrogen-bond donors (Lipinski definition) is 1. The first-order valence-electron chi connectivity index (χ1n) is 6.74. The number of imidazole rings is 1. The van der Waals surface area contributed by atoms with E-state index in [0.29, 0.717) is 11.6 Å². The molecule has 108 valence electrons. The third-order valence-corrected chi connectivity index (χ3v) is 4.35. The van der Waals surface area contributed by atoms with E-state index in [-0.39, 0.29) is 5.69 Å². The van der Waals surface area contributed by atoms with E-state index in [9.17, 15) is 10.0 Å². The van der Waals surface area contributed by atoms with Gasteiger partial charge in [0.2, 0.25) is 0 Å². The molecule has 2 heterocycles. The van der Waals surface area contributed by atoms with Crippen LogP contribution in [0.25, 0.3) is 11.0 Å². The number of aryl methyl sites for hydroxylation is 1. The van der Waals surface area contributed by atoms with Crippen molar-refractivity contribution < 1.29 is 4.73 Å². The van der Waals surface area contributed by atoms with Crippen LogP contribution in [0.3, 0.4) is 0 Å². The fourth-order valence-corrected chi connectivity index (χ4v) is 3.10. The molecule has 0 aliphatic heterocycles. The van der Waals surface area contributed by atoms with E-state index in [4.69, 9.17) is 0 Å². The molecule has 0 unspecified atom stereocenters. The first kappa shape index (κ1) is 13.8. The number of hydrogen-bond acceptors (Lipinski definition) is 3. The van der Waals surface area contributed by atoms with Gasteiger partial charge < -0.3 is 10.2 Å². The number of aromatic nitrogens is 3. The van der Waals surface area contributed by atoms with Crippen LogP contribution in [0.5, 0.6) is 0 Å². The van der Waals surface area contributed by atoms with Gasteiger partial charge in [-0.2, -0.15) is 4.73 Å². The van der Waals surface area contributed by atoms with Crippen LogP contribution >= 0.6 is 11.8 Å². The van der Waals surface area contributed by atoms with Gasteiger partial charge in [0.1, 0.15) is 0 Å². The van der Waals surface area contributed by atoms with Gasteiger partial charge in [-0.15, -0.1) is 0 Å². The summed E-state index contributed by atoms with van der Waals surface area (Å²) in [5, 5.41) is 12.2. The molecule has 0 spiro atoms. The zero-order valence-corrected chi connectivity index (χ0v) is 12.2. The lowest BCUT2D eigenvalue weighted by Gasteiger charge is -2.04. The fraction of sp³-hybridized carbons (Fsp3) is 0.200. The summed E-state index contributed by atoms with van der Waals surface area (Å²) in [6.45, 7) is 0.640. The van der Waals surface area contributed by atoms with Gasteiger partial charge in [0, 0.05) is 24.4 Å². The number of H-pyrrole nitrogens is 1. The Morgan fingerprint density at radius 2 is 2.00 bits per heavy atom.